The van der Waals surface area contributed by atoms with Gasteiger partial charge in [-0.3, -0.25) is 0 Å². The smallest absolute Gasteiger partial charge is 0.344 e. The minimum Gasteiger partial charge on any atom is -0.480 e. The van der Waals surface area contributed by atoms with Gasteiger partial charge in [0.15, 0.2) is 6.61 Å². The molecule has 50 heavy (non-hydrogen) atoms. The van der Waals surface area contributed by atoms with Gasteiger partial charge in [0.1, 0.15) is 17.4 Å². The highest BCUT2D eigenvalue weighted by Crippen LogP contribution is 2.67. The number of benzene rings is 2. The molecule has 1 aromatic heterocycles. The van der Waals surface area contributed by atoms with Gasteiger partial charge in [0.25, 0.3) is 0 Å². The highest BCUT2D eigenvalue weighted by Gasteiger charge is 2.59. The van der Waals surface area contributed by atoms with E-state index in [4.69, 9.17) is 25.5 Å². The lowest BCUT2D eigenvalue weighted by Gasteiger charge is -2.58. The lowest BCUT2D eigenvalue weighted by Crippen LogP contribution is -2.51. The van der Waals surface area contributed by atoms with E-state index in [0.717, 1.165) is 65.9 Å². The van der Waals surface area contributed by atoms with Gasteiger partial charge < -0.3 is 13.9 Å². The molecule has 1 heterocycles. The lowest BCUT2D eigenvalue weighted by molar-refractivity contribution is -0.153. The Labute approximate surface area is 303 Å². The third kappa shape index (κ3) is 6.69. The van der Waals surface area contributed by atoms with Crippen LogP contribution in [0, 0.1) is 46.3 Å². The van der Waals surface area contributed by atoms with Gasteiger partial charge in [-0.05, 0) is 108 Å². The van der Waals surface area contributed by atoms with E-state index in [0.29, 0.717) is 21.4 Å². The SMILES string of the molecule is CC(C)CCC[C@H](C)[C@@H]1CC[C@@H]2[C@H]3CC=C4C[C@@H](OC(=O)COc5cc6oc(=O)cc(-c7ccccc7)c6cc5Cl)CC[C@]4(C)[C@@H]3CC[C@@]21C. The van der Waals surface area contributed by atoms with E-state index in [-0.39, 0.29) is 23.9 Å². The zero-order chi connectivity index (χ0) is 35.2. The number of carbonyl (C=O) groups is 1. The van der Waals surface area contributed by atoms with Crippen molar-refractivity contribution in [2.24, 2.45) is 46.3 Å². The molecule has 2 aromatic carbocycles. The summed E-state index contributed by atoms with van der Waals surface area (Å²) in [4.78, 5) is 25.5. The molecular weight excluding hydrogens is 644 g/mol. The molecule has 0 unspecified atom stereocenters. The predicted molar refractivity (Wildman–Crippen MR) is 201 cm³/mol. The molecule has 4 aliphatic rings. The van der Waals surface area contributed by atoms with Crippen LogP contribution in [-0.4, -0.2) is 18.7 Å². The maximum Gasteiger partial charge on any atom is 0.344 e. The minimum absolute atomic E-state index is 0.142. The van der Waals surface area contributed by atoms with Gasteiger partial charge in [0.2, 0.25) is 0 Å². The Morgan fingerprint density at radius 3 is 2.56 bits per heavy atom. The van der Waals surface area contributed by atoms with Crippen molar-refractivity contribution in [1.82, 2.24) is 0 Å². The number of allylic oxidation sites excluding steroid dienone is 1. The standard InChI is InChI=1S/C44H55ClO5/c1-27(2)10-9-11-28(3)35-16-17-36-32-15-14-30-22-31(18-20-43(30,4)37(32)19-21-44(35,36)5)49-42(47)26-48-40-25-39-34(23-38(40)45)33(24-41(46)50-39)29-12-7-6-8-13-29/h6-8,12-14,23-25,27-28,31-32,35-37H,9-11,15-22,26H2,1-5H3/t28-,31-,32+,35-,36+,37+,43-,44+/m0/s1. The van der Waals surface area contributed by atoms with Crippen LogP contribution in [0.1, 0.15) is 105 Å². The van der Waals surface area contributed by atoms with Gasteiger partial charge >= 0.3 is 11.6 Å². The molecule has 6 heteroatoms. The molecule has 7 rings (SSSR count). The third-order valence-electron chi connectivity index (χ3n) is 13.8. The van der Waals surface area contributed by atoms with Crippen LogP contribution in [0.15, 0.2) is 69.4 Å². The van der Waals surface area contributed by atoms with E-state index in [2.05, 4.69) is 40.7 Å². The Morgan fingerprint density at radius 1 is 0.980 bits per heavy atom. The molecule has 0 saturated heterocycles. The average Bonchev–Trinajstić information content (AvgIpc) is 3.45. The number of fused-ring (bicyclic) bond motifs is 6. The first-order chi connectivity index (χ1) is 24.0. The first kappa shape index (κ1) is 35.4. The molecule has 0 spiro atoms. The fraction of sp³-hybridized carbons (Fsp3) is 0.591. The molecule has 0 radical (unpaired) electrons. The van der Waals surface area contributed by atoms with Gasteiger partial charge in [-0.15, -0.1) is 0 Å². The molecule has 4 aliphatic carbocycles. The van der Waals surface area contributed by atoms with Gasteiger partial charge in [-0.2, -0.15) is 0 Å². The summed E-state index contributed by atoms with van der Waals surface area (Å²) in [5.41, 5.74) is 3.69. The zero-order valence-electron chi connectivity index (χ0n) is 30.6. The summed E-state index contributed by atoms with van der Waals surface area (Å²) in [6, 6.07) is 14.4. The second-order valence-corrected chi connectivity index (χ2v) is 17.5. The molecule has 0 amide bonds. The Hall–Kier alpha value is -3.05. The van der Waals surface area contributed by atoms with Gasteiger partial charge in [-0.25, -0.2) is 9.59 Å². The molecule has 0 bridgehead atoms. The van der Waals surface area contributed by atoms with E-state index in [1.807, 2.05) is 30.3 Å². The van der Waals surface area contributed by atoms with Crippen LogP contribution in [0.25, 0.3) is 22.1 Å². The number of hydrogen-bond donors (Lipinski definition) is 0. The Bertz CT molecular complexity index is 1790. The maximum absolute atomic E-state index is 13.1. The van der Waals surface area contributed by atoms with Crippen LogP contribution in [0.4, 0.5) is 0 Å². The van der Waals surface area contributed by atoms with Gasteiger partial charge in [0.05, 0.1) is 5.02 Å². The van der Waals surface area contributed by atoms with Gasteiger partial charge in [0, 0.05) is 23.9 Å². The van der Waals surface area contributed by atoms with E-state index in [1.165, 1.54) is 63.0 Å². The largest absolute Gasteiger partial charge is 0.480 e. The fourth-order valence-electron chi connectivity index (χ4n) is 11.2. The van der Waals surface area contributed by atoms with Gasteiger partial charge in [-0.1, -0.05) is 107 Å². The van der Waals surface area contributed by atoms with Crippen LogP contribution in [0.5, 0.6) is 5.75 Å². The zero-order valence-corrected chi connectivity index (χ0v) is 31.4. The molecule has 268 valence electrons. The van der Waals surface area contributed by atoms with Crippen LogP contribution < -0.4 is 10.4 Å². The Morgan fingerprint density at radius 2 is 1.78 bits per heavy atom. The Kier molecular flexibility index (Phi) is 10.0. The van der Waals surface area contributed by atoms with E-state index >= 15 is 0 Å². The number of hydrogen-bond acceptors (Lipinski definition) is 5. The molecule has 8 atom stereocenters. The van der Waals surface area contributed by atoms with Crippen molar-refractivity contribution in [2.75, 3.05) is 6.61 Å². The summed E-state index contributed by atoms with van der Waals surface area (Å²) in [6.45, 7) is 12.2. The normalized spacial score (nSPS) is 31.0. The number of ether oxygens (including phenoxy) is 2. The third-order valence-corrected chi connectivity index (χ3v) is 14.1. The summed E-state index contributed by atoms with van der Waals surface area (Å²) in [5, 5.41) is 1.04. The van der Waals surface area contributed by atoms with Crippen LogP contribution in [0.2, 0.25) is 5.02 Å². The molecule has 0 N–H and O–H groups in total. The van der Waals surface area contributed by atoms with E-state index in [9.17, 15) is 9.59 Å². The number of rotatable bonds is 10. The summed E-state index contributed by atoms with van der Waals surface area (Å²) in [7, 11) is 0. The number of esters is 1. The summed E-state index contributed by atoms with van der Waals surface area (Å²) in [5.74, 6) is 4.71. The molecule has 5 nitrogen and oxygen atoms in total. The maximum atomic E-state index is 13.1. The molecule has 0 aliphatic heterocycles. The van der Waals surface area contributed by atoms with E-state index in [1.54, 1.807) is 12.1 Å². The van der Waals surface area contributed by atoms with Crippen molar-refractivity contribution in [3.8, 4) is 16.9 Å². The highest BCUT2D eigenvalue weighted by molar-refractivity contribution is 6.33. The molecular formula is C44H55ClO5. The second kappa shape index (κ2) is 14.2. The summed E-state index contributed by atoms with van der Waals surface area (Å²) in [6.07, 6.45) is 16.0. The van der Waals surface area contributed by atoms with Crippen molar-refractivity contribution in [1.29, 1.82) is 0 Å². The van der Waals surface area contributed by atoms with Crippen molar-refractivity contribution >= 4 is 28.5 Å². The quantitative estimate of drug-likeness (QED) is 0.120. The average molecular weight is 699 g/mol. The second-order valence-electron chi connectivity index (χ2n) is 17.1. The van der Waals surface area contributed by atoms with E-state index < -0.39 is 11.6 Å². The number of halogens is 1. The Balaban J connectivity index is 0.973. The summed E-state index contributed by atoms with van der Waals surface area (Å²) >= 11 is 6.62. The molecule has 3 saturated carbocycles. The minimum atomic E-state index is -0.464. The van der Waals surface area contributed by atoms with Crippen LogP contribution >= 0.6 is 11.6 Å². The molecule has 3 fully saturated rings. The fourth-order valence-corrected chi connectivity index (χ4v) is 11.5. The summed E-state index contributed by atoms with van der Waals surface area (Å²) < 4.78 is 17.4. The molecule has 3 aromatic rings. The van der Waals surface area contributed by atoms with Crippen LogP contribution in [0.3, 0.4) is 0 Å². The van der Waals surface area contributed by atoms with Crippen molar-refractivity contribution in [3.63, 3.8) is 0 Å². The van der Waals surface area contributed by atoms with Crippen molar-refractivity contribution in [2.45, 2.75) is 111 Å². The first-order valence-electron chi connectivity index (χ1n) is 19.3. The van der Waals surface area contributed by atoms with Crippen LogP contribution in [-0.2, 0) is 9.53 Å². The monoisotopic (exact) mass is 698 g/mol. The predicted octanol–water partition coefficient (Wildman–Crippen LogP) is 11.4. The lowest BCUT2D eigenvalue weighted by atomic mass is 9.47. The highest BCUT2D eigenvalue weighted by atomic mass is 35.5. The number of carbonyl (C=O) groups excluding carboxylic acids is 1. The van der Waals surface area contributed by atoms with Crippen molar-refractivity contribution < 1.29 is 18.7 Å². The first-order valence-corrected chi connectivity index (χ1v) is 19.7. The topological polar surface area (TPSA) is 65.7 Å². The van der Waals surface area contributed by atoms with Crippen molar-refractivity contribution in [3.05, 3.63) is 75.6 Å².